The molecule has 1 fully saturated rings. The van der Waals surface area contributed by atoms with E-state index in [1.807, 2.05) is 12.1 Å². The minimum atomic E-state index is 0.566. The molecule has 7 nitrogen and oxygen atoms in total. The highest BCUT2D eigenvalue weighted by Crippen LogP contribution is 2.33. The van der Waals surface area contributed by atoms with E-state index in [-0.39, 0.29) is 0 Å². The highest BCUT2D eigenvalue weighted by Gasteiger charge is 2.19. The Labute approximate surface area is 160 Å². The third-order valence-corrected chi connectivity index (χ3v) is 6.23. The van der Waals surface area contributed by atoms with Gasteiger partial charge in [0.2, 0.25) is 0 Å². The summed E-state index contributed by atoms with van der Waals surface area (Å²) in [4.78, 5) is 7.41. The van der Waals surface area contributed by atoms with E-state index in [2.05, 4.69) is 54.7 Å². The average Bonchev–Trinajstić information content (AvgIpc) is 3.39. The Morgan fingerprint density at radius 3 is 3.00 bits per heavy atom. The van der Waals surface area contributed by atoms with Gasteiger partial charge in [-0.2, -0.15) is 11.3 Å². The van der Waals surface area contributed by atoms with E-state index in [0.29, 0.717) is 11.9 Å². The SMILES string of the molecule is CN1CCCCC1CNc1nc2cc(-c3nnn[nH]3)ccc2c2cscc12. The number of thiophene rings is 1. The van der Waals surface area contributed by atoms with Gasteiger partial charge in [0.1, 0.15) is 5.82 Å². The lowest BCUT2D eigenvalue weighted by molar-refractivity contribution is 0.194. The predicted octanol–water partition coefficient (Wildman–Crippen LogP) is 3.53. The Morgan fingerprint density at radius 1 is 1.22 bits per heavy atom. The van der Waals surface area contributed by atoms with E-state index in [0.717, 1.165) is 28.8 Å². The minimum Gasteiger partial charge on any atom is -0.368 e. The van der Waals surface area contributed by atoms with E-state index in [9.17, 15) is 0 Å². The summed E-state index contributed by atoms with van der Waals surface area (Å²) in [6.45, 7) is 2.10. The van der Waals surface area contributed by atoms with Gasteiger partial charge in [-0.25, -0.2) is 10.1 Å². The lowest BCUT2D eigenvalue weighted by atomic mass is 10.0. The van der Waals surface area contributed by atoms with Crippen LogP contribution < -0.4 is 5.32 Å². The van der Waals surface area contributed by atoms with Crippen LogP contribution in [0.25, 0.3) is 33.1 Å². The van der Waals surface area contributed by atoms with Crippen LogP contribution >= 0.6 is 11.3 Å². The van der Waals surface area contributed by atoms with Crippen LogP contribution in [0.15, 0.2) is 29.0 Å². The van der Waals surface area contributed by atoms with Crippen LogP contribution in [-0.2, 0) is 0 Å². The van der Waals surface area contributed by atoms with E-state index >= 15 is 0 Å². The zero-order chi connectivity index (χ0) is 18.2. The summed E-state index contributed by atoms with van der Waals surface area (Å²) in [5.74, 6) is 1.62. The molecule has 138 valence electrons. The second kappa shape index (κ2) is 6.86. The van der Waals surface area contributed by atoms with Gasteiger partial charge in [0, 0.05) is 39.7 Å². The number of nitrogens with one attached hydrogen (secondary N) is 2. The normalized spacial score (nSPS) is 18.3. The molecule has 0 aliphatic carbocycles. The van der Waals surface area contributed by atoms with Crippen LogP contribution in [0.1, 0.15) is 19.3 Å². The Hall–Kier alpha value is -2.58. The van der Waals surface area contributed by atoms with Gasteiger partial charge in [0.05, 0.1) is 5.52 Å². The molecule has 1 aliphatic heterocycles. The van der Waals surface area contributed by atoms with Crippen molar-refractivity contribution in [3.63, 3.8) is 0 Å². The Morgan fingerprint density at radius 2 is 2.15 bits per heavy atom. The smallest absolute Gasteiger partial charge is 0.179 e. The molecular formula is C19H21N7S. The molecule has 0 radical (unpaired) electrons. The summed E-state index contributed by atoms with van der Waals surface area (Å²) in [6.07, 6.45) is 3.85. The van der Waals surface area contributed by atoms with Crippen LogP contribution in [0, 0.1) is 0 Å². The van der Waals surface area contributed by atoms with Crippen molar-refractivity contribution in [3.8, 4) is 11.4 Å². The lowest BCUT2D eigenvalue weighted by Crippen LogP contribution is -2.40. The monoisotopic (exact) mass is 379 g/mol. The molecule has 0 spiro atoms. The summed E-state index contributed by atoms with van der Waals surface area (Å²) < 4.78 is 0. The highest BCUT2D eigenvalue weighted by atomic mass is 32.1. The van der Waals surface area contributed by atoms with E-state index in [1.165, 1.54) is 36.6 Å². The Bertz CT molecular complexity index is 1070. The van der Waals surface area contributed by atoms with Crippen LogP contribution in [0.2, 0.25) is 0 Å². The molecule has 0 saturated carbocycles. The Balaban J connectivity index is 1.53. The van der Waals surface area contributed by atoms with Gasteiger partial charge in [-0.1, -0.05) is 18.6 Å². The first-order chi connectivity index (χ1) is 13.3. The molecule has 27 heavy (non-hydrogen) atoms. The summed E-state index contributed by atoms with van der Waals surface area (Å²) in [5, 5.41) is 25.8. The van der Waals surface area contributed by atoms with Crippen molar-refractivity contribution in [3.05, 3.63) is 29.0 Å². The summed E-state index contributed by atoms with van der Waals surface area (Å²) in [6, 6.07) is 6.75. The van der Waals surface area contributed by atoms with Crippen molar-refractivity contribution in [2.24, 2.45) is 0 Å². The first kappa shape index (κ1) is 16.6. The van der Waals surface area contributed by atoms with Gasteiger partial charge in [-0.15, -0.1) is 5.10 Å². The number of aromatic nitrogens is 5. The molecule has 0 amide bonds. The number of H-pyrrole nitrogens is 1. The molecule has 3 aromatic heterocycles. The molecular weight excluding hydrogens is 358 g/mol. The second-order valence-electron chi connectivity index (χ2n) is 7.15. The maximum absolute atomic E-state index is 4.95. The molecule has 4 aromatic rings. The number of aromatic amines is 1. The van der Waals surface area contributed by atoms with Gasteiger partial charge in [-0.3, -0.25) is 0 Å². The quantitative estimate of drug-likeness (QED) is 0.564. The highest BCUT2D eigenvalue weighted by molar-refractivity contribution is 7.09. The van der Waals surface area contributed by atoms with Gasteiger partial charge in [0.15, 0.2) is 5.82 Å². The number of rotatable bonds is 4. The van der Waals surface area contributed by atoms with Crippen molar-refractivity contribution in [1.82, 2.24) is 30.5 Å². The van der Waals surface area contributed by atoms with Gasteiger partial charge < -0.3 is 10.2 Å². The molecule has 4 heterocycles. The third kappa shape index (κ3) is 3.04. The molecule has 8 heteroatoms. The predicted molar refractivity (Wildman–Crippen MR) is 109 cm³/mol. The fourth-order valence-electron chi connectivity index (χ4n) is 3.90. The molecule has 1 atom stereocenters. The number of pyridine rings is 1. The standard InChI is InChI=1S/C19H21N7S/c1-26-7-3-2-4-13(26)9-20-19-16-11-27-10-15(16)14-6-5-12(8-17(14)21-19)18-22-24-25-23-18/h5-6,8,10-11,13H,2-4,7,9H2,1H3,(H,20,21)(H,22,23,24,25). The molecule has 0 bridgehead atoms. The van der Waals surface area contributed by atoms with Crippen LogP contribution in [0.3, 0.4) is 0 Å². The van der Waals surface area contributed by atoms with Gasteiger partial charge >= 0.3 is 0 Å². The third-order valence-electron chi connectivity index (χ3n) is 5.48. The minimum absolute atomic E-state index is 0.566. The topological polar surface area (TPSA) is 82.6 Å². The molecule has 5 rings (SSSR count). The van der Waals surface area contributed by atoms with Crippen LogP contribution in [-0.4, -0.2) is 56.7 Å². The van der Waals surface area contributed by atoms with Crippen molar-refractivity contribution in [2.45, 2.75) is 25.3 Å². The van der Waals surface area contributed by atoms with Crippen molar-refractivity contribution < 1.29 is 0 Å². The first-order valence-corrected chi connectivity index (χ1v) is 10.2. The molecule has 1 saturated heterocycles. The average molecular weight is 379 g/mol. The number of likely N-dealkylation sites (N-methyl/N-ethyl adjacent to an activating group) is 1. The number of piperidine rings is 1. The zero-order valence-corrected chi connectivity index (χ0v) is 16.0. The zero-order valence-electron chi connectivity index (χ0n) is 15.1. The number of fused-ring (bicyclic) bond motifs is 3. The number of hydrogen-bond donors (Lipinski definition) is 2. The fourth-order valence-corrected chi connectivity index (χ4v) is 4.73. The number of benzene rings is 1. The van der Waals surface area contributed by atoms with Crippen LogP contribution in [0.5, 0.6) is 0 Å². The second-order valence-corrected chi connectivity index (χ2v) is 7.90. The van der Waals surface area contributed by atoms with E-state index in [1.54, 1.807) is 11.3 Å². The van der Waals surface area contributed by atoms with E-state index in [4.69, 9.17) is 4.98 Å². The first-order valence-electron chi connectivity index (χ1n) is 9.27. The van der Waals surface area contributed by atoms with E-state index < -0.39 is 0 Å². The summed E-state index contributed by atoms with van der Waals surface area (Å²) >= 11 is 1.72. The van der Waals surface area contributed by atoms with Crippen molar-refractivity contribution in [2.75, 3.05) is 25.5 Å². The molecule has 2 N–H and O–H groups in total. The number of likely N-dealkylation sites (tertiary alicyclic amines) is 1. The summed E-state index contributed by atoms with van der Waals surface area (Å²) in [7, 11) is 2.22. The lowest BCUT2D eigenvalue weighted by Gasteiger charge is -2.32. The molecule has 1 aliphatic rings. The van der Waals surface area contributed by atoms with Crippen molar-refractivity contribution in [1.29, 1.82) is 0 Å². The summed E-state index contributed by atoms with van der Waals surface area (Å²) in [5.41, 5.74) is 1.89. The number of nitrogens with zero attached hydrogens (tertiary/aromatic N) is 5. The number of anilines is 1. The number of hydrogen-bond acceptors (Lipinski definition) is 7. The largest absolute Gasteiger partial charge is 0.368 e. The van der Waals surface area contributed by atoms with Gasteiger partial charge in [0.25, 0.3) is 0 Å². The number of tetrazole rings is 1. The van der Waals surface area contributed by atoms with Gasteiger partial charge in [-0.05, 0) is 48.3 Å². The maximum Gasteiger partial charge on any atom is 0.179 e. The maximum atomic E-state index is 4.95. The fraction of sp³-hybridized carbons (Fsp3) is 0.368. The Kier molecular flexibility index (Phi) is 4.21. The molecule has 1 unspecified atom stereocenters. The molecule has 1 aromatic carbocycles. The van der Waals surface area contributed by atoms with Crippen molar-refractivity contribution >= 4 is 38.8 Å². The van der Waals surface area contributed by atoms with Crippen LogP contribution in [0.4, 0.5) is 5.82 Å².